The Kier molecular flexibility index (Phi) is 5.99. The van der Waals surface area contributed by atoms with Crippen molar-refractivity contribution in [2.24, 2.45) is 5.73 Å². The van der Waals surface area contributed by atoms with Crippen LogP contribution in [0.4, 0.5) is 29.3 Å². The van der Waals surface area contributed by atoms with E-state index in [2.05, 4.69) is 5.32 Å². The van der Waals surface area contributed by atoms with E-state index in [9.17, 15) is 18.0 Å². The number of alkyl halides is 3. The van der Waals surface area contributed by atoms with E-state index >= 15 is 0 Å². The number of ether oxygens (including phenoxy) is 1. The van der Waals surface area contributed by atoms with Crippen molar-refractivity contribution in [3.63, 3.8) is 0 Å². The molecule has 1 unspecified atom stereocenters. The third-order valence-corrected chi connectivity index (χ3v) is 4.84. The monoisotopic (exact) mass is 421 g/mol. The summed E-state index contributed by atoms with van der Waals surface area (Å²) in [5.74, 6) is 0. The largest absolute Gasteiger partial charge is 0.444 e. The topological polar surface area (TPSA) is 67.6 Å². The third-order valence-electron chi connectivity index (χ3n) is 4.84. The fourth-order valence-corrected chi connectivity index (χ4v) is 3.58. The molecule has 8 heteroatoms. The fourth-order valence-electron chi connectivity index (χ4n) is 3.58. The summed E-state index contributed by atoms with van der Waals surface area (Å²) in [6.45, 7) is 6.06. The van der Waals surface area contributed by atoms with Crippen molar-refractivity contribution in [2.45, 2.75) is 51.6 Å². The molecule has 1 aliphatic rings. The molecule has 0 bridgehead atoms. The summed E-state index contributed by atoms with van der Waals surface area (Å²) < 4.78 is 44.2. The number of alkyl carbamates (subject to hydrolysis) is 1. The Bertz CT molecular complexity index is 905. The molecule has 30 heavy (non-hydrogen) atoms. The Hall–Kier alpha value is -2.74. The average molecular weight is 421 g/mol. The van der Waals surface area contributed by atoms with Crippen LogP contribution in [0.3, 0.4) is 0 Å². The Labute approximate surface area is 174 Å². The lowest BCUT2D eigenvalue weighted by Gasteiger charge is -2.37. The van der Waals surface area contributed by atoms with Crippen molar-refractivity contribution in [2.75, 3.05) is 11.4 Å². The number of nitrogens with zero attached hydrogens (tertiary/aromatic N) is 1. The van der Waals surface area contributed by atoms with Gasteiger partial charge in [0.15, 0.2) is 0 Å². The van der Waals surface area contributed by atoms with Gasteiger partial charge in [-0.1, -0.05) is 12.1 Å². The van der Waals surface area contributed by atoms with Crippen molar-refractivity contribution in [1.82, 2.24) is 5.32 Å². The Morgan fingerprint density at radius 3 is 2.40 bits per heavy atom. The van der Waals surface area contributed by atoms with Gasteiger partial charge in [-0.3, -0.25) is 0 Å². The zero-order valence-corrected chi connectivity index (χ0v) is 17.2. The van der Waals surface area contributed by atoms with Crippen LogP contribution in [0, 0.1) is 0 Å². The standard InChI is InChI=1S/C22H26F3N3O2/c1-21(2,3)30-20(29)27-16-11-18-14(12-26)5-4-6-19(18)28(13-16)17-9-7-15(8-10-17)22(23,24)25/h4-10,16H,11-13,26H2,1-3H3,(H,27,29). The first-order chi connectivity index (χ1) is 14.0. The summed E-state index contributed by atoms with van der Waals surface area (Å²) in [5, 5.41) is 2.88. The highest BCUT2D eigenvalue weighted by molar-refractivity contribution is 5.72. The molecule has 1 aliphatic heterocycles. The van der Waals surface area contributed by atoms with Crippen molar-refractivity contribution in [3.05, 3.63) is 59.2 Å². The van der Waals surface area contributed by atoms with Crippen LogP contribution >= 0.6 is 0 Å². The van der Waals surface area contributed by atoms with Gasteiger partial charge < -0.3 is 20.7 Å². The molecule has 1 atom stereocenters. The molecule has 0 radical (unpaired) electrons. The van der Waals surface area contributed by atoms with E-state index in [4.69, 9.17) is 10.5 Å². The number of fused-ring (bicyclic) bond motifs is 1. The number of benzene rings is 2. The van der Waals surface area contributed by atoms with E-state index in [1.165, 1.54) is 12.1 Å². The lowest BCUT2D eigenvalue weighted by Crippen LogP contribution is -2.48. The molecular formula is C22H26F3N3O2. The minimum atomic E-state index is -4.40. The molecule has 0 spiro atoms. The summed E-state index contributed by atoms with van der Waals surface area (Å²) in [6, 6.07) is 10.4. The van der Waals surface area contributed by atoms with Gasteiger partial charge in [0.05, 0.1) is 11.6 Å². The highest BCUT2D eigenvalue weighted by Gasteiger charge is 2.32. The van der Waals surface area contributed by atoms with Crippen molar-refractivity contribution < 1.29 is 22.7 Å². The predicted molar refractivity (Wildman–Crippen MR) is 110 cm³/mol. The van der Waals surface area contributed by atoms with Gasteiger partial charge in [0.1, 0.15) is 5.60 Å². The van der Waals surface area contributed by atoms with Gasteiger partial charge in [0.2, 0.25) is 0 Å². The molecule has 1 heterocycles. The normalized spacial score (nSPS) is 16.8. The van der Waals surface area contributed by atoms with Crippen LogP contribution in [0.25, 0.3) is 0 Å². The number of nitrogens with two attached hydrogens (primary N) is 1. The highest BCUT2D eigenvalue weighted by Crippen LogP contribution is 2.37. The maximum Gasteiger partial charge on any atom is 0.416 e. The number of carbonyl (C=O) groups excluding carboxylic acids is 1. The van der Waals surface area contributed by atoms with Crippen LogP contribution in [0.5, 0.6) is 0 Å². The molecule has 0 saturated carbocycles. The summed E-state index contributed by atoms with van der Waals surface area (Å²) in [5.41, 5.74) is 7.94. The minimum absolute atomic E-state index is 0.289. The van der Waals surface area contributed by atoms with Crippen molar-refractivity contribution in [3.8, 4) is 0 Å². The number of amides is 1. The Balaban J connectivity index is 1.93. The second-order valence-corrected chi connectivity index (χ2v) is 8.32. The van der Waals surface area contributed by atoms with Gasteiger partial charge in [0.25, 0.3) is 0 Å². The minimum Gasteiger partial charge on any atom is -0.444 e. The molecule has 3 N–H and O–H groups in total. The van der Waals surface area contributed by atoms with Gasteiger partial charge >= 0.3 is 12.3 Å². The maximum absolute atomic E-state index is 13.0. The molecule has 1 amide bonds. The Morgan fingerprint density at radius 2 is 1.83 bits per heavy atom. The number of nitrogens with one attached hydrogen (secondary N) is 1. The lowest BCUT2D eigenvalue weighted by atomic mass is 9.92. The first kappa shape index (κ1) is 22.0. The van der Waals surface area contributed by atoms with E-state index in [1.54, 1.807) is 20.8 Å². The van der Waals surface area contributed by atoms with Gasteiger partial charge in [-0.15, -0.1) is 0 Å². The molecule has 162 valence electrons. The van der Waals surface area contributed by atoms with Crippen LogP contribution < -0.4 is 16.0 Å². The number of carbonyl (C=O) groups is 1. The van der Waals surface area contributed by atoms with Crippen LogP contribution in [0.2, 0.25) is 0 Å². The summed E-state index contributed by atoms with van der Waals surface area (Å²) >= 11 is 0. The van der Waals surface area contributed by atoms with Crippen molar-refractivity contribution >= 4 is 17.5 Å². The first-order valence-electron chi connectivity index (χ1n) is 9.73. The average Bonchev–Trinajstić information content (AvgIpc) is 2.64. The van der Waals surface area contributed by atoms with E-state index in [-0.39, 0.29) is 6.04 Å². The second-order valence-electron chi connectivity index (χ2n) is 8.32. The SMILES string of the molecule is CC(C)(C)OC(=O)NC1Cc2c(CN)cccc2N(c2ccc(C(F)(F)F)cc2)C1. The zero-order valence-electron chi connectivity index (χ0n) is 17.2. The van der Waals surface area contributed by atoms with Gasteiger partial charge in [-0.2, -0.15) is 13.2 Å². The van der Waals surface area contributed by atoms with E-state index in [1.807, 2.05) is 23.1 Å². The fraction of sp³-hybridized carbons (Fsp3) is 0.409. The highest BCUT2D eigenvalue weighted by atomic mass is 19.4. The van der Waals surface area contributed by atoms with Crippen LogP contribution in [-0.4, -0.2) is 24.3 Å². The van der Waals surface area contributed by atoms with Crippen molar-refractivity contribution in [1.29, 1.82) is 0 Å². The number of hydrogen-bond donors (Lipinski definition) is 2. The predicted octanol–water partition coefficient (Wildman–Crippen LogP) is 4.75. The molecule has 0 fully saturated rings. The lowest BCUT2D eigenvalue weighted by molar-refractivity contribution is -0.137. The van der Waals surface area contributed by atoms with Crippen LogP contribution in [-0.2, 0) is 23.9 Å². The van der Waals surface area contributed by atoms with Crippen LogP contribution in [0.1, 0.15) is 37.5 Å². The Morgan fingerprint density at radius 1 is 1.17 bits per heavy atom. The summed E-state index contributed by atoms with van der Waals surface area (Å²) in [7, 11) is 0. The second kappa shape index (κ2) is 8.18. The summed E-state index contributed by atoms with van der Waals surface area (Å²) in [6.07, 6.45) is -4.38. The molecular weight excluding hydrogens is 395 g/mol. The number of halogens is 3. The van der Waals surface area contributed by atoms with Gasteiger partial charge in [0, 0.05) is 24.5 Å². The van der Waals surface area contributed by atoms with E-state index in [0.717, 1.165) is 28.9 Å². The zero-order chi connectivity index (χ0) is 22.1. The first-order valence-corrected chi connectivity index (χ1v) is 9.73. The molecule has 2 aromatic carbocycles. The molecule has 0 aromatic heterocycles. The molecule has 3 rings (SSSR count). The van der Waals surface area contributed by atoms with E-state index < -0.39 is 23.4 Å². The summed E-state index contributed by atoms with van der Waals surface area (Å²) in [4.78, 5) is 14.2. The number of anilines is 2. The quantitative estimate of drug-likeness (QED) is 0.751. The van der Waals surface area contributed by atoms with Crippen LogP contribution in [0.15, 0.2) is 42.5 Å². The molecule has 0 saturated heterocycles. The maximum atomic E-state index is 13.0. The molecule has 0 aliphatic carbocycles. The number of rotatable bonds is 3. The molecule has 5 nitrogen and oxygen atoms in total. The number of hydrogen-bond acceptors (Lipinski definition) is 4. The van der Waals surface area contributed by atoms with Gasteiger partial charge in [-0.05, 0) is 68.7 Å². The van der Waals surface area contributed by atoms with Gasteiger partial charge in [-0.25, -0.2) is 4.79 Å². The third kappa shape index (κ3) is 5.05. The van der Waals surface area contributed by atoms with E-state index in [0.29, 0.717) is 25.2 Å². The smallest absolute Gasteiger partial charge is 0.416 e. The molecule has 2 aromatic rings.